The molecule has 0 bridgehead atoms. The molecule has 2 amide bonds. The third kappa shape index (κ3) is 12.6. The number of aromatic nitrogens is 3. The number of benzene rings is 3. The maximum Gasteiger partial charge on any atom is 0.223 e. The van der Waals surface area contributed by atoms with Crippen molar-refractivity contribution < 1.29 is 37.3 Å². The first kappa shape index (κ1) is 54.9. The molecule has 1 unspecified atom stereocenters. The van der Waals surface area contributed by atoms with Gasteiger partial charge in [0.2, 0.25) is 11.8 Å². The summed E-state index contributed by atoms with van der Waals surface area (Å²) in [5, 5.41) is 27.4. The first-order valence-corrected chi connectivity index (χ1v) is 25.9. The Bertz CT molecular complexity index is 2790. The lowest BCUT2D eigenvalue weighted by molar-refractivity contribution is -0.125. The van der Waals surface area contributed by atoms with E-state index >= 15 is 8.78 Å². The van der Waals surface area contributed by atoms with Crippen LogP contribution in [0.3, 0.4) is 0 Å². The van der Waals surface area contributed by atoms with E-state index in [1.807, 2.05) is 56.5 Å². The van der Waals surface area contributed by atoms with Crippen molar-refractivity contribution >= 4 is 63.7 Å². The van der Waals surface area contributed by atoms with Crippen molar-refractivity contribution in [2.24, 2.45) is 22.2 Å². The van der Waals surface area contributed by atoms with Gasteiger partial charge in [-0.2, -0.15) is 5.26 Å². The fourth-order valence-corrected chi connectivity index (χ4v) is 11.6. The molecule has 2 aliphatic rings. The molecular weight excluding hydrogens is 1010 g/mol. The summed E-state index contributed by atoms with van der Waals surface area (Å²) < 4.78 is 56.5. The van der Waals surface area contributed by atoms with Gasteiger partial charge in [0.05, 0.1) is 81.5 Å². The Morgan fingerprint density at radius 1 is 0.861 bits per heavy atom. The Labute approximate surface area is 438 Å². The van der Waals surface area contributed by atoms with Crippen molar-refractivity contribution in [1.29, 1.82) is 5.26 Å². The molecule has 19 heteroatoms. The van der Waals surface area contributed by atoms with E-state index in [0.29, 0.717) is 63.5 Å². The fourth-order valence-electron chi connectivity index (χ4n) is 9.88. The second-order valence-corrected chi connectivity index (χ2v) is 21.7. The molecule has 1 saturated carbocycles. The number of ether oxygens (including phenoxy) is 4. The maximum absolute atomic E-state index is 16.0. The predicted octanol–water partition coefficient (Wildman–Crippen LogP) is 10.4. The number of aliphatic imine (C=N–C) groups is 1. The van der Waals surface area contributed by atoms with Gasteiger partial charge in [-0.05, 0) is 86.4 Å². The monoisotopic (exact) mass is 1070 g/mol. The Kier molecular flexibility index (Phi) is 18.7. The summed E-state index contributed by atoms with van der Waals surface area (Å²) in [5.41, 5.74) is 2.02. The van der Waals surface area contributed by atoms with Crippen molar-refractivity contribution in [3.8, 4) is 11.1 Å². The number of thiophene rings is 1. The highest BCUT2D eigenvalue weighted by molar-refractivity contribution is 7.15. The summed E-state index contributed by atoms with van der Waals surface area (Å²) in [7, 11) is 0. The number of hydrogen-bond donors (Lipinski definition) is 2. The summed E-state index contributed by atoms with van der Waals surface area (Å²) in [5.74, 6) is -3.17. The van der Waals surface area contributed by atoms with Crippen LogP contribution in [0.2, 0.25) is 15.1 Å². The van der Waals surface area contributed by atoms with Gasteiger partial charge < -0.3 is 29.6 Å². The fraction of sp³-hybridized carbons (Fsp3) is 0.472. The van der Waals surface area contributed by atoms with Gasteiger partial charge in [-0.15, -0.1) is 21.5 Å². The molecule has 0 saturated heterocycles. The second-order valence-electron chi connectivity index (χ2n) is 19.2. The van der Waals surface area contributed by atoms with E-state index in [4.69, 9.17) is 58.7 Å². The molecule has 72 heavy (non-hydrogen) atoms. The SMILES string of the molecule is Cc1sc2c(c1C)C(c1ccc(Cl)cc1)=N[C@@H](CC(=O)NCCOCCOCCOCCOCCNC(=O)C1C[C@@H](CC(C)(C)C)[C@](C#N)(c3ccc(Cl)cc3F)[C@H]1c1cccc(Cl)c1F)c1nnc(C)n1-2. The summed E-state index contributed by atoms with van der Waals surface area (Å²) in [6, 6.07) is 18.0. The molecule has 3 heterocycles. The number of fused-ring (bicyclic) bond motifs is 3. The normalized spacial score (nSPS) is 19.6. The van der Waals surface area contributed by atoms with Gasteiger partial charge >= 0.3 is 0 Å². The zero-order chi connectivity index (χ0) is 51.7. The van der Waals surface area contributed by atoms with E-state index in [1.54, 1.807) is 17.4 Å². The molecule has 1 fully saturated rings. The van der Waals surface area contributed by atoms with Crippen LogP contribution in [0.1, 0.15) is 96.3 Å². The molecule has 2 N–H and O–H groups in total. The number of nitrogens with zero attached hydrogens (tertiary/aromatic N) is 5. The lowest BCUT2D eigenvalue weighted by Crippen LogP contribution is -2.41. The van der Waals surface area contributed by atoms with E-state index in [2.05, 4.69) is 40.7 Å². The minimum Gasteiger partial charge on any atom is -0.377 e. The van der Waals surface area contributed by atoms with Crippen LogP contribution >= 0.6 is 46.1 Å². The number of rotatable bonds is 22. The Balaban J connectivity index is 0.802. The number of nitrogens with one attached hydrogen (secondary N) is 2. The number of aryl methyl sites for hydroxylation is 2. The van der Waals surface area contributed by atoms with Crippen LogP contribution in [-0.4, -0.2) is 98.2 Å². The predicted molar refractivity (Wildman–Crippen MR) is 276 cm³/mol. The van der Waals surface area contributed by atoms with E-state index in [0.717, 1.165) is 44.2 Å². The van der Waals surface area contributed by atoms with Crippen LogP contribution < -0.4 is 10.6 Å². The average Bonchev–Trinajstić information content (AvgIpc) is 3.94. The van der Waals surface area contributed by atoms with Crippen LogP contribution in [0.4, 0.5) is 8.78 Å². The number of amides is 2. The molecule has 384 valence electrons. The van der Waals surface area contributed by atoms with E-state index in [9.17, 15) is 14.9 Å². The second kappa shape index (κ2) is 24.5. The van der Waals surface area contributed by atoms with Gasteiger partial charge in [0, 0.05) is 56.5 Å². The summed E-state index contributed by atoms with van der Waals surface area (Å²) >= 11 is 20.3. The third-order valence-electron chi connectivity index (χ3n) is 13.1. The highest BCUT2D eigenvalue weighted by atomic mass is 35.5. The van der Waals surface area contributed by atoms with Gasteiger partial charge in [-0.1, -0.05) is 85.9 Å². The van der Waals surface area contributed by atoms with Crippen LogP contribution in [0, 0.1) is 61.0 Å². The summed E-state index contributed by atoms with van der Waals surface area (Å²) in [4.78, 5) is 33.6. The molecule has 3 aromatic carbocycles. The van der Waals surface area contributed by atoms with Crippen LogP contribution in [0.25, 0.3) is 5.00 Å². The van der Waals surface area contributed by atoms with Gasteiger partial charge in [0.1, 0.15) is 28.5 Å². The topological polar surface area (TPSA) is 162 Å². The van der Waals surface area contributed by atoms with Gasteiger partial charge in [0.25, 0.3) is 0 Å². The molecule has 5 aromatic rings. The maximum atomic E-state index is 16.0. The minimum absolute atomic E-state index is 0.0674. The molecule has 7 rings (SSSR count). The lowest BCUT2D eigenvalue weighted by atomic mass is 9.62. The summed E-state index contributed by atoms with van der Waals surface area (Å²) in [6.45, 7) is 14.9. The molecule has 0 radical (unpaired) electrons. The van der Waals surface area contributed by atoms with Gasteiger partial charge in [-0.25, -0.2) is 8.78 Å². The Morgan fingerprint density at radius 3 is 2.11 bits per heavy atom. The zero-order valence-electron chi connectivity index (χ0n) is 41.3. The third-order valence-corrected chi connectivity index (χ3v) is 15.1. The van der Waals surface area contributed by atoms with Crippen molar-refractivity contribution in [1.82, 2.24) is 25.4 Å². The number of carbonyl (C=O) groups excluding carboxylic acids is 2. The standard InChI is InChI=1S/C53H60Cl3F2N7O6S/c1-31-32(2)72-51-45(31)48(34-10-12-36(54)13-11-34)62-43(49-64-63-33(3)65(49)51)28-44(66)60-16-18-68-20-22-70-24-25-71-23-21-69-19-17-61-50(67)39-26-35(29-52(4,5)6)53(30-59,40-15-14-37(55)27-42(40)57)46(39)38-8-7-9-41(56)47(38)58/h7-15,27,35,39,43,46H,16-26,28-29H2,1-6H3,(H,60,66)(H,61,67)/t35-,39?,43-,46-,53+/m0/s1. The Hall–Kier alpha value is -4.83. The highest BCUT2D eigenvalue weighted by Gasteiger charge is 2.61. The van der Waals surface area contributed by atoms with Crippen LogP contribution in [-0.2, 0) is 34.0 Å². The zero-order valence-corrected chi connectivity index (χ0v) is 44.3. The number of halogens is 5. The van der Waals surface area contributed by atoms with Crippen LogP contribution in [0.5, 0.6) is 0 Å². The van der Waals surface area contributed by atoms with Crippen LogP contribution in [0.15, 0.2) is 65.7 Å². The molecular formula is C53H60Cl3F2N7O6S. The van der Waals surface area contributed by atoms with Gasteiger partial charge in [0.15, 0.2) is 5.82 Å². The van der Waals surface area contributed by atoms with Crippen molar-refractivity contribution in [3.63, 3.8) is 0 Å². The first-order chi connectivity index (χ1) is 34.4. The number of carbonyl (C=O) groups is 2. The van der Waals surface area contributed by atoms with Crippen molar-refractivity contribution in [2.45, 2.75) is 78.2 Å². The molecule has 2 aromatic heterocycles. The van der Waals surface area contributed by atoms with Crippen molar-refractivity contribution in [2.75, 3.05) is 65.9 Å². The molecule has 13 nitrogen and oxygen atoms in total. The number of nitriles is 1. The van der Waals surface area contributed by atoms with E-state index < -0.39 is 46.8 Å². The lowest BCUT2D eigenvalue weighted by Gasteiger charge is -2.38. The largest absolute Gasteiger partial charge is 0.377 e. The molecule has 1 aliphatic carbocycles. The molecule has 0 spiro atoms. The highest BCUT2D eigenvalue weighted by Crippen LogP contribution is 2.61. The minimum atomic E-state index is -1.61. The van der Waals surface area contributed by atoms with Crippen molar-refractivity contribution in [3.05, 3.63) is 132 Å². The van der Waals surface area contributed by atoms with E-state index in [1.165, 1.54) is 24.3 Å². The number of hydrogen-bond acceptors (Lipinski definition) is 11. The van der Waals surface area contributed by atoms with E-state index in [-0.39, 0.29) is 65.1 Å². The quantitative estimate of drug-likeness (QED) is 0.0643. The first-order valence-electron chi connectivity index (χ1n) is 24.0. The molecule has 1 aliphatic heterocycles. The molecule has 5 atom stereocenters. The summed E-state index contributed by atoms with van der Waals surface area (Å²) in [6.07, 6.45) is 0.749. The Morgan fingerprint density at radius 2 is 1.49 bits per heavy atom. The smallest absolute Gasteiger partial charge is 0.223 e. The average molecular weight is 1070 g/mol. The van der Waals surface area contributed by atoms with Gasteiger partial charge in [-0.3, -0.25) is 19.1 Å².